The van der Waals surface area contributed by atoms with Crippen LogP contribution in [-0.4, -0.2) is 57.6 Å². The third-order valence-electron chi connectivity index (χ3n) is 6.80. The van der Waals surface area contributed by atoms with E-state index in [1.165, 1.54) is 17.5 Å². The fourth-order valence-corrected chi connectivity index (χ4v) is 5.84. The highest BCUT2D eigenvalue weighted by Gasteiger charge is 2.30. The Balaban J connectivity index is 1.87. The number of nitrogens with zero attached hydrogens (tertiary/aromatic N) is 2. The van der Waals surface area contributed by atoms with Gasteiger partial charge in [0.25, 0.3) is 0 Å². The number of benzene rings is 3. The SMILES string of the molecule is CCNC(=O)C(Cc1ccccc1)N(Cc1ccccc1C)C(=O)CCCN(c1ccc(OC)c(Cl)c1)S(C)(=O)=O. The van der Waals surface area contributed by atoms with E-state index in [9.17, 15) is 18.0 Å². The zero-order chi connectivity index (χ0) is 30.0. The Hall–Kier alpha value is -3.56. The van der Waals surface area contributed by atoms with E-state index < -0.39 is 16.1 Å². The maximum atomic E-state index is 13.8. The van der Waals surface area contributed by atoms with E-state index in [2.05, 4.69) is 5.32 Å². The molecule has 41 heavy (non-hydrogen) atoms. The molecule has 0 spiro atoms. The number of likely N-dealkylation sites (N-methyl/N-ethyl adjacent to an activating group) is 1. The highest BCUT2D eigenvalue weighted by molar-refractivity contribution is 7.92. The molecule has 3 rings (SSSR count). The summed E-state index contributed by atoms with van der Waals surface area (Å²) < 4.78 is 31.7. The van der Waals surface area contributed by atoms with Gasteiger partial charge in [0.1, 0.15) is 11.8 Å². The fourth-order valence-electron chi connectivity index (χ4n) is 4.63. The average molecular weight is 600 g/mol. The van der Waals surface area contributed by atoms with Crippen LogP contribution in [0, 0.1) is 6.92 Å². The second kappa shape index (κ2) is 14.9. The first-order valence-electron chi connectivity index (χ1n) is 13.5. The van der Waals surface area contributed by atoms with Gasteiger partial charge in [0.05, 0.1) is 24.1 Å². The van der Waals surface area contributed by atoms with E-state index in [1.54, 1.807) is 17.0 Å². The summed E-state index contributed by atoms with van der Waals surface area (Å²) in [6, 6.07) is 21.4. The topological polar surface area (TPSA) is 96.0 Å². The van der Waals surface area contributed by atoms with E-state index in [0.717, 1.165) is 22.9 Å². The van der Waals surface area contributed by atoms with Gasteiger partial charge in [-0.05, 0) is 55.2 Å². The van der Waals surface area contributed by atoms with Crippen molar-refractivity contribution in [2.24, 2.45) is 0 Å². The molecule has 1 N–H and O–H groups in total. The zero-order valence-electron chi connectivity index (χ0n) is 24.0. The van der Waals surface area contributed by atoms with Crippen molar-refractivity contribution in [3.63, 3.8) is 0 Å². The Labute approximate surface area is 248 Å². The minimum atomic E-state index is -3.66. The van der Waals surface area contributed by atoms with E-state index in [-0.39, 0.29) is 42.8 Å². The molecule has 1 unspecified atom stereocenters. The molecule has 220 valence electrons. The maximum absolute atomic E-state index is 13.8. The monoisotopic (exact) mass is 599 g/mol. The molecule has 0 aliphatic rings. The number of carbonyl (C=O) groups excluding carboxylic acids is 2. The quantitative estimate of drug-likeness (QED) is 0.282. The first kappa shape index (κ1) is 32.0. The van der Waals surface area contributed by atoms with Crippen molar-refractivity contribution in [3.8, 4) is 5.75 Å². The van der Waals surface area contributed by atoms with Gasteiger partial charge >= 0.3 is 0 Å². The van der Waals surface area contributed by atoms with E-state index in [4.69, 9.17) is 16.3 Å². The smallest absolute Gasteiger partial charge is 0.243 e. The zero-order valence-corrected chi connectivity index (χ0v) is 25.5. The highest BCUT2D eigenvalue weighted by atomic mass is 35.5. The van der Waals surface area contributed by atoms with Gasteiger partial charge in [-0.2, -0.15) is 0 Å². The van der Waals surface area contributed by atoms with Crippen molar-refractivity contribution < 1.29 is 22.7 Å². The van der Waals surface area contributed by atoms with Gasteiger partial charge in [-0.1, -0.05) is 66.2 Å². The Kier molecular flexibility index (Phi) is 11.6. The van der Waals surface area contributed by atoms with Crippen LogP contribution >= 0.6 is 11.6 Å². The number of rotatable bonds is 14. The molecular weight excluding hydrogens is 562 g/mol. The normalized spacial score (nSPS) is 11.9. The van der Waals surface area contributed by atoms with Gasteiger partial charge in [0.2, 0.25) is 21.8 Å². The predicted octanol–water partition coefficient (Wildman–Crippen LogP) is 4.98. The molecule has 0 aliphatic heterocycles. The standard InChI is InChI=1S/C31H38ClN3O5S/c1-5-33-31(37)28(20-24-13-7-6-8-14-24)34(22-25-15-10-9-12-23(25)2)30(36)16-11-19-35(41(4,38)39)26-17-18-29(40-3)27(32)21-26/h6-10,12-15,17-18,21,28H,5,11,16,19-20,22H2,1-4H3,(H,33,37). The van der Waals surface area contributed by atoms with Gasteiger partial charge in [-0.25, -0.2) is 8.42 Å². The maximum Gasteiger partial charge on any atom is 0.243 e. The molecule has 0 radical (unpaired) electrons. The van der Waals surface area contributed by atoms with Gasteiger partial charge in [-0.3, -0.25) is 13.9 Å². The number of ether oxygens (including phenoxy) is 1. The van der Waals surface area contributed by atoms with E-state index in [0.29, 0.717) is 24.4 Å². The number of anilines is 1. The van der Waals surface area contributed by atoms with Crippen LogP contribution in [0.5, 0.6) is 5.75 Å². The molecule has 10 heteroatoms. The largest absolute Gasteiger partial charge is 0.495 e. The Bertz CT molecular complexity index is 1430. The second-order valence-corrected chi connectivity index (χ2v) is 12.1. The van der Waals surface area contributed by atoms with Gasteiger partial charge in [0.15, 0.2) is 0 Å². The second-order valence-electron chi connectivity index (χ2n) is 9.81. The number of carbonyl (C=O) groups is 2. The molecule has 3 aromatic carbocycles. The molecule has 0 fully saturated rings. The summed E-state index contributed by atoms with van der Waals surface area (Å²) in [5, 5.41) is 3.17. The number of sulfonamides is 1. The number of halogens is 1. The minimum Gasteiger partial charge on any atom is -0.495 e. The van der Waals surface area contributed by atoms with Crippen molar-refractivity contribution in [3.05, 3.63) is 94.5 Å². The van der Waals surface area contributed by atoms with Crippen molar-refractivity contribution in [2.45, 2.75) is 45.7 Å². The predicted molar refractivity (Wildman–Crippen MR) is 164 cm³/mol. The first-order chi connectivity index (χ1) is 19.5. The molecule has 0 aliphatic carbocycles. The Morgan fingerprint density at radius 3 is 2.32 bits per heavy atom. The molecular formula is C31H38ClN3O5S. The lowest BCUT2D eigenvalue weighted by Gasteiger charge is -2.32. The lowest BCUT2D eigenvalue weighted by Crippen LogP contribution is -2.50. The highest BCUT2D eigenvalue weighted by Crippen LogP contribution is 2.30. The van der Waals surface area contributed by atoms with Crippen LogP contribution in [0.15, 0.2) is 72.8 Å². The van der Waals surface area contributed by atoms with Crippen LogP contribution in [0.2, 0.25) is 5.02 Å². The third kappa shape index (κ3) is 8.96. The van der Waals surface area contributed by atoms with Gasteiger partial charge in [0, 0.05) is 32.5 Å². The number of aryl methyl sites for hydroxylation is 1. The van der Waals surface area contributed by atoms with Crippen LogP contribution in [0.1, 0.15) is 36.5 Å². The van der Waals surface area contributed by atoms with Crippen LogP contribution in [-0.2, 0) is 32.6 Å². The van der Waals surface area contributed by atoms with Crippen LogP contribution in [0.4, 0.5) is 5.69 Å². The summed E-state index contributed by atoms with van der Waals surface area (Å²) in [5.41, 5.74) is 3.27. The minimum absolute atomic E-state index is 0.0481. The summed E-state index contributed by atoms with van der Waals surface area (Å²) in [6.45, 7) is 4.57. The summed E-state index contributed by atoms with van der Waals surface area (Å²) in [4.78, 5) is 28.8. The molecule has 0 aromatic heterocycles. The van der Waals surface area contributed by atoms with Gasteiger partial charge in [-0.15, -0.1) is 0 Å². The number of hydrogen-bond donors (Lipinski definition) is 1. The molecule has 8 nitrogen and oxygen atoms in total. The molecule has 2 amide bonds. The third-order valence-corrected chi connectivity index (χ3v) is 8.29. The lowest BCUT2D eigenvalue weighted by molar-refractivity contribution is -0.141. The Morgan fingerprint density at radius 1 is 1.02 bits per heavy atom. The Morgan fingerprint density at radius 2 is 1.71 bits per heavy atom. The summed E-state index contributed by atoms with van der Waals surface area (Å²) in [5.74, 6) is -0.0358. The molecule has 3 aromatic rings. The summed E-state index contributed by atoms with van der Waals surface area (Å²) >= 11 is 6.25. The van der Waals surface area contributed by atoms with Crippen LogP contribution in [0.3, 0.4) is 0 Å². The number of amides is 2. The lowest BCUT2D eigenvalue weighted by atomic mass is 10.0. The molecule has 0 saturated carbocycles. The number of methoxy groups -OCH3 is 1. The number of hydrogen-bond acceptors (Lipinski definition) is 5. The van der Waals surface area contributed by atoms with Crippen molar-refractivity contribution in [2.75, 3.05) is 30.8 Å². The van der Waals surface area contributed by atoms with Gasteiger partial charge < -0.3 is 15.0 Å². The van der Waals surface area contributed by atoms with Crippen molar-refractivity contribution in [1.29, 1.82) is 0 Å². The van der Waals surface area contributed by atoms with Crippen molar-refractivity contribution >= 4 is 39.1 Å². The number of nitrogens with one attached hydrogen (secondary N) is 1. The van der Waals surface area contributed by atoms with Crippen LogP contribution in [0.25, 0.3) is 0 Å². The van der Waals surface area contributed by atoms with E-state index >= 15 is 0 Å². The molecule has 0 heterocycles. The molecule has 0 saturated heterocycles. The first-order valence-corrected chi connectivity index (χ1v) is 15.7. The summed E-state index contributed by atoms with van der Waals surface area (Å²) in [6.07, 6.45) is 1.76. The van der Waals surface area contributed by atoms with Crippen molar-refractivity contribution in [1.82, 2.24) is 10.2 Å². The van der Waals surface area contributed by atoms with E-state index in [1.807, 2.05) is 68.4 Å². The van der Waals surface area contributed by atoms with Crippen LogP contribution < -0.4 is 14.4 Å². The summed E-state index contributed by atoms with van der Waals surface area (Å²) in [7, 11) is -2.18. The molecule has 1 atom stereocenters. The molecule has 0 bridgehead atoms. The fraction of sp³-hybridized carbons (Fsp3) is 0.355. The average Bonchev–Trinajstić information content (AvgIpc) is 2.93.